The highest BCUT2D eigenvalue weighted by molar-refractivity contribution is 5.76. The standard InChI is InChI=1S/C66H117NO13/c1-3-5-7-9-11-13-15-17-19-21-23-25-27-29-31-33-35-37-39-41-43-45-47-49-55(70)54(53-77-65-63(76)61(74)64(57(52-69)79-65)80-66-62(75)60(73)59(72)56(51-68)78-66)67-58(71)50-48-46-44-42-40-38-36-34-32-30-28-26-24-22-20-18-16-14-12-10-8-6-4-2/h6,8,12,14,18,20,24,26,30,32,47,49,54-57,59-66,68-70,72-76H,3-5,7,9-11,13,15-17,19,21-23,25,27-29,31,33-46,48,50-53H2,1-2H3,(H,67,71)/b8-6-,14-12-,20-18-,26-24-,32-30-,49-47+. The van der Waals surface area contributed by atoms with E-state index in [1.807, 2.05) is 6.08 Å². The highest BCUT2D eigenvalue weighted by Gasteiger charge is 2.51. The van der Waals surface area contributed by atoms with E-state index in [-0.39, 0.29) is 18.9 Å². The zero-order valence-corrected chi connectivity index (χ0v) is 50.1. The number of ether oxygens (including phenoxy) is 4. The molecule has 2 fully saturated rings. The van der Waals surface area contributed by atoms with E-state index in [0.29, 0.717) is 6.42 Å². The first-order valence-corrected chi connectivity index (χ1v) is 32.2. The molecule has 1 amide bonds. The van der Waals surface area contributed by atoms with Gasteiger partial charge in [-0.1, -0.05) is 247 Å². The Morgan fingerprint density at radius 3 is 1.32 bits per heavy atom. The van der Waals surface area contributed by atoms with Crippen molar-refractivity contribution in [3.63, 3.8) is 0 Å². The molecule has 12 atom stereocenters. The van der Waals surface area contributed by atoms with E-state index in [9.17, 15) is 45.6 Å². The average molecular weight is 1130 g/mol. The maximum atomic E-state index is 13.3. The molecule has 0 bridgehead atoms. The number of allylic oxidation sites excluding steroid dienone is 11. The van der Waals surface area contributed by atoms with E-state index in [0.717, 1.165) is 89.9 Å². The Hall–Kier alpha value is -2.57. The van der Waals surface area contributed by atoms with Gasteiger partial charge in [0.05, 0.1) is 32.0 Å². The second-order valence-corrected chi connectivity index (χ2v) is 22.5. The maximum Gasteiger partial charge on any atom is 0.220 e. The molecule has 2 aliphatic heterocycles. The Balaban J connectivity index is 1.75. The fraction of sp³-hybridized carbons (Fsp3) is 0.803. The minimum absolute atomic E-state index is 0.251. The Labute approximate surface area is 485 Å². The lowest BCUT2D eigenvalue weighted by molar-refractivity contribution is -0.359. The fourth-order valence-electron chi connectivity index (χ4n) is 10.3. The largest absolute Gasteiger partial charge is 0.394 e. The summed E-state index contributed by atoms with van der Waals surface area (Å²) < 4.78 is 22.8. The summed E-state index contributed by atoms with van der Waals surface area (Å²) in [4.78, 5) is 13.3. The van der Waals surface area contributed by atoms with Gasteiger partial charge in [-0.15, -0.1) is 0 Å². The summed E-state index contributed by atoms with van der Waals surface area (Å²) in [6.45, 7) is 2.69. The summed E-state index contributed by atoms with van der Waals surface area (Å²) >= 11 is 0. The van der Waals surface area contributed by atoms with Crippen LogP contribution < -0.4 is 5.32 Å². The van der Waals surface area contributed by atoms with Crippen molar-refractivity contribution in [2.24, 2.45) is 0 Å². The Bertz CT molecular complexity index is 1620. The van der Waals surface area contributed by atoms with Crippen molar-refractivity contribution >= 4 is 5.91 Å². The van der Waals surface area contributed by atoms with Crippen molar-refractivity contribution in [2.75, 3.05) is 19.8 Å². The lowest BCUT2D eigenvalue weighted by Gasteiger charge is -2.46. The molecule has 0 aromatic rings. The van der Waals surface area contributed by atoms with E-state index in [4.69, 9.17) is 18.9 Å². The van der Waals surface area contributed by atoms with Gasteiger partial charge in [-0.25, -0.2) is 0 Å². The predicted molar refractivity (Wildman–Crippen MR) is 323 cm³/mol. The van der Waals surface area contributed by atoms with Gasteiger partial charge in [0, 0.05) is 6.42 Å². The van der Waals surface area contributed by atoms with Crippen molar-refractivity contribution in [3.05, 3.63) is 72.9 Å². The average Bonchev–Trinajstić information content (AvgIpc) is 3.46. The second-order valence-electron chi connectivity index (χ2n) is 22.5. The second kappa shape index (κ2) is 50.9. The molecule has 2 aliphatic rings. The lowest BCUT2D eigenvalue weighted by Crippen LogP contribution is -2.65. The van der Waals surface area contributed by atoms with Crippen LogP contribution in [0.3, 0.4) is 0 Å². The van der Waals surface area contributed by atoms with Crippen LogP contribution in [0.15, 0.2) is 72.9 Å². The zero-order chi connectivity index (χ0) is 58.1. The highest BCUT2D eigenvalue weighted by Crippen LogP contribution is 2.30. The summed E-state index contributed by atoms with van der Waals surface area (Å²) in [7, 11) is 0. The molecule has 0 saturated carbocycles. The van der Waals surface area contributed by atoms with Crippen LogP contribution in [-0.2, 0) is 23.7 Å². The monoisotopic (exact) mass is 1130 g/mol. The molecule has 0 aromatic carbocycles. The number of amides is 1. The lowest BCUT2D eigenvalue weighted by atomic mass is 9.97. The number of carbonyl (C=O) groups excluding carboxylic acids is 1. The Kier molecular flexibility index (Phi) is 46.8. The molecular formula is C66H117NO13. The molecule has 80 heavy (non-hydrogen) atoms. The van der Waals surface area contributed by atoms with Crippen LogP contribution >= 0.6 is 0 Å². The van der Waals surface area contributed by atoms with E-state index < -0.39 is 86.8 Å². The van der Waals surface area contributed by atoms with Gasteiger partial charge in [-0.2, -0.15) is 0 Å². The summed E-state index contributed by atoms with van der Waals surface area (Å²) in [6, 6.07) is -0.926. The van der Waals surface area contributed by atoms with Crippen molar-refractivity contribution in [1.82, 2.24) is 5.32 Å². The topological polar surface area (TPSA) is 228 Å². The van der Waals surface area contributed by atoms with Crippen molar-refractivity contribution in [2.45, 2.75) is 319 Å². The Morgan fingerprint density at radius 2 is 0.863 bits per heavy atom. The van der Waals surface area contributed by atoms with Gasteiger partial charge in [0.1, 0.15) is 48.8 Å². The molecule has 12 unspecified atom stereocenters. The van der Waals surface area contributed by atoms with E-state index in [2.05, 4.69) is 79.9 Å². The van der Waals surface area contributed by atoms with Gasteiger partial charge in [0.2, 0.25) is 5.91 Å². The molecule has 0 aliphatic carbocycles. The number of rotatable bonds is 51. The quantitative estimate of drug-likeness (QED) is 0.0204. The summed E-state index contributed by atoms with van der Waals surface area (Å²) in [6.07, 6.45) is 50.8. The first kappa shape index (κ1) is 73.5. The number of carbonyl (C=O) groups is 1. The molecule has 2 rings (SSSR count). The highest BCUT2D eigenvalue weighted by atomic mass is 16.7. The number of aliphatic hydroxyl groups is 8. The smallest absolute Gasteiger partial charge is 0.220 e. The van der Waals surface area contributed by atoms with Gasteiger partial charge in [0.25, 0.3) is 0 Å². The molecule has 464 valence electrons. The fourth-order valence-corrected chi connectivity index (χ4v) is 10.3. The van der Waals surface area contributed by atoms with Crippen LogP contribution in [-0.4, -0.2) is 140 Å². The molecule has 0 radical (unpaired) electrons. The van der Waals surface area contributed by atoms with Crippen molar-refractivity contribution < 1.29 is 64.6 Å². The van der Waals surface area contributed by atoms with E-state index >= 15 is 0 Å². The third-order valence-electron chi connectivity index (χ3n) is 15.4. The van der Waals surface area contributed by atoms with Crippen LogP contribution in [0.25, 0.3) is 0 Å². The SMILES string of the molecule is CC/C=C\C/C=C\C/C=C\C/C=C\C/C=C\CCCCCCCCCC(=O)NC(COC1OC(CO)C(OC2OC(CO)C(O)C(O)C2O)C(O)C1O)C(O)/C=C/CCCCCCCCCCCCCCCCCCCCCCC. The van der Waals surface area contributed by atoms with Crippen LogP contribution in [0, 0.1) is 0 Å². The first-order valence-electron chi connectivity index (χ1n) is 32.2. The number of hydrogen-bond donors (Lipinski definition) is 9. The van der Waals surface area contributed by atoms with Crippen LogP contribution in [0.5, 0.6) is 0 Å². The molecule has 14 heteroatoms. The number of hydrogen-bond acceptors (Lipinski definition) is 13. The third-order valence-corrected chi connectivity index (χ3v) is 15.4. The number of aliphatic hydroxyl groups excluding tert-OH is 8. The predicted octanol–water partition coefficient (Wildman–Crippen LogP) is 11.9. The molecular weight excluding hydrogens is 1010 g/mol. The molecule has 14 nitrogen and oxygen atoms in total. The van der Waals surface area contributed by atoms with Crippen molar-refractivity contribution in [3.8, 4) is 0 Å². The van der Waals surface area contributed by atoms with Gasteiger partial charge >= 0.3 is 0 Å². The normalized spacial score (nSPS) is 24.7. The molecule has 2 saturated heterocycles. The maximum absolute atomic E-state index is 13.3. The van der Waals surface area contributed by atoms with E-state index in [1.54, 1.807) is 6.08 Å². The third kappa shape index (κ3) is 35.5. The molecule has 9 N–H and O–H groups in total. The van der Waals surface area contributed by atoms with Crippen LogP contribution in [0.2, 0.25) is 0 Å². The van der Waals surface area contributed by atoms with Crippen molar-refractivity contribution in [1.29, 1.82) is 0 Å². The minimum atomic E-state index is -1.79. The molecule has 0 aromatic heterocycles. The molecule has 2 heterocycles. The minimum Gasteiger partial charge on any atom is -0.394 e. The number of unbranched alkanes of at least 4 members (excludes halogenated alkanes) is 28. The first-order chi connectivity index (χ1) is 39.1. The Morgan fingerprint density at radius 1 is 0.463 bits per heavy atom. The van der Waals surface area contributed by atoms with Gasteiger partial charge in [-0.05, 0) is 64.2 Å². The van der Waals surface area contributed by atoms with Gasteiger partial charge in [-0.3, -0.25) is 4.79 Å². The summed E-state index contributed by atoms with van der Waals surface area (Å²) in [5.41, 5.74) is 0. The van der Waals surface area contributed by atoms with Gasteiger partial charge in [0.15, 0.2) is 12.6 Å². The van der Waals surface area contributed by atoms with E-state index in [1.165, 1.54) is 128 Å². The summed E-state index contributed by atoms with van der Waals surface area (Å²) in [5, 5.41) is 87.3. The molecule has 0 spiro atoms. The van der Waals surface area contributed by atoms with Gasteiger partial charge < -0.3 is 65.1 Å². The summed E-state index contributed by atoms with van der Waals surface area (Å²) in [5.74, 6) is -0.251. The van der Waals surface area contributed by atoms with Crippen LogP contribution in [0.4, 0.5) is 0 Å². The van der Waals surface area contributed by atoms with Crippen LogP contribution in [0.1, 0.15) is 245 Å². The zero-order valence-electron chi connectivity index (χ0n) is 50.1. The number of nitrogens with one attached hydrogen (secondary N) is 1.